The highest BCUT2D eigenvalue weighted by Crippen LogP contribution is 2.23. The molecule has 0 bridgehead atoms. The number of carbonyl (C=O) groups excluding carboxylic acids is 1. The molecular formula is C14H16FNO4. The van der Waals surface area contributed by atoms with Crippen molar-refractivity contribution in [1.82, 2.24) is 4.90 Å². The van der Waals surface area contributed by atoms with E-state index in [2.05, 4.69) is 0 Å². The van der Waals surface area contributed by atoms with E-state index in [-0.39, 0.29) is 11.3 Å². The Labute approximate surface area is 116 Å². The van der Waals surface area contributed by atoms with E-state index in [1.807, 2.05) is 0 Å². The van der Waals surface area contributed by atoms with Crippen LogP contribution < -0.4 is 4.74 Å². The number of aliphatic carboxylic acids is 1. The summed E-state index contributed by atoms with van der Waals surface area (Å²) >= 11 is 0. The van der Waals surface area contributed by atoms with Crippen LogP contribution in [-0.4, -0.2) is 41.6 Å². The third-order valence-corrected chi connectivity index (χ3v) is 3.45. The third kappa shape index (κ3) is 2.74. The average Bonchev–Trinajstić information content (AvgIpc) is 2.46. The van der Waals surface area contributed by atoms with Crippen LogP contribution in [0.2, 0.25) is 0 Å². The first kappa shape index (κ1) is 14.3. The van der Waals surface area contributed by atoms with Crippen LogP contribution in [0.15, 0.2) is 18.2 Å². The van der Waals surface area contributed by atoms with E-state index in [1.165, 1.54) is 24.1 Å². The van der Waals surface area contributed by atoms with Gasteiger partial charge in [0, 0.05) is 12.1 Å². The number of nitrogens with zero attached hydrogens (tertiary/aromatic N) is 1. The Kier molecular flexibility index (Phi) is 4.22. The van der Waals surface area contributed by atoms with E-state index in [0.29, 0.717) is 13.0 Å². The van der Waals surface area contributed by atoms with Crippen molar-refractivity contribution >= 4 is 11.9 Å². The molecule has 0 aliphatic carbocycles. The van der Waals surface area contributed by atoms with E-state index in [4.69, 9.17) is 9.84 Å². The summed E-state index contributed by atoms with van der Waals surface area (Å²) in [5, 5.41) is 9.15. The van der Waals surface area contributed by atoms with Gasteiger partial charge in [0.25, 0.3) is 5.91 Å². The number of likely N-dealkylation sites (tertiary alicyclic amines) is 1. The Hall–Kier alpha value is -2.11. The molecule has 2 rings (SSSR count). The lowest BCUT2D eigenvalue weighted by Gasteiger charge is -2.33. The summed E-state index contributed by atoms with van der Waals surface area (Å²) in [5.41, 5.74) is 0.136. The number of carboxylic acid groups (broad SMARTS) is 1. The number of benzene rings is 1. The number of rotatable bonds is 3. The third-order valence-electron chi connectivity index (χ3n) is 3.45. The fourth-order valence-electron chi connectivity index (χ4n) is 2.40. The van der Waals surface area contributed by atoms with Gasteiger partial charge in [0.2, 0.25) is 0 Å². The topological polar surface area (TPSA) is 66.8 Å². The predicted molar refractivity (Wildman–Crippen MR) is 69.3 cm³/mol. The van der Waals surface area contributed by atoms with E-state index in [0.717, 1.165) is 18.9 Å². The molecule has 1 aliphatic rings. The second-order valence-corrected chi connectivity index (χ2v) is 4.70. The van der Waals surface area contributed by atoms with Gasteiger partial charge in [-0.3, -0.25) is 4.79 Å². The Morgan fingerprint density at radius 3 is 2.75 bits per heavy atom. The lowest BCUT2D eigenvalue weighted by atomic mass is 10.0. The number of piperidine rings is 1. The van der Waals surface area contributed by atoms with Crippen LogP contribution in [-0.2, 0) is 4.79 Å². The van der Waals surface area contributed by atoms with Crippen molar-refractivity contribution in [2.75, 3.05) is 13.7 Å². The minimum absolute atomic E-state index is 0.0509. The zero-order chi connectivity index (χ0) is 14.7. The van der Waals surface area contributed by atoms with Crippen molar-refractivity contribution in [2.45, 2.75) is 25.3 Å². The van der Waals surface area contributed by atoms with Gasteiger partial charge in [-0.1, -0.05) is 0 Å². The largest absolute Gasteiger partial charge is 0.494 e. The zero-order valence-electron chi connectivity index (χ0n) is 11.1. The molecule has 0 radical (unpaired) electrons. The molecule has 6 heteroatoms. The number of methoxy groups -OCH3 is 1. The maximum atomic E-state index is 13.6. The number of hydrogen-bond acceptors (Lipinski definition) is 3. The van der Waals surface area contributed by atoms with Crippen molar-refractivity contribution in [2.24, 2.45) is 0 Å². The minimum Gasteiger partial charge on any atom is -0.494 e. The monoisotopic (exact) mass is 281 g/mol. The molecule has 1 fully saturated rings. The second kappa shape index (κ2) is 5.90. The smallest absolute Gasteiger partial charge is 0.326 e. The molecule has 108 valence electrons. The van der Waals surface area contributed by atoms with E-state index in [1.54, 1.807) is 0 Å². The Balaban J connectivity index is 2.25. The van der Waals surface area contributed by atoms with E-state index < -0.39 is 23.7 Å². The molecule has 1 atom stereocenters. The van der Waals surface area contributed by atoms with E-state index in [9.17, 15) is 14.0 Å². The fraction of sp³-hybridized carbons (Fsp3) is 0.429. The van der Waals surface area contributed by atoms with Crippen LogP contribution >= 0.6 is 0 Å². The number of halogens is 1. The van der Waals surface area contributed by atoms with Gasteiger partial charge < -0.3 is 14.7 Å². The first-order valence-electron chi connectivity index (χ1n) is 6.42. The summed E-state index contributed by atoms with van der Waals surface area (Å²) < 4.78 is 18.4. The normalized spacial score (nSPS) is 18.7. The van der Waals surface area contributed by atoms with Crippen molar-refractivity contribution in [1.29, 1.82) is 0 Å². The number of carboxylic acids is 1. The highest BCUT2D eigenvalue weighted by molar-refractivity contribution is 5.96. The molecule has 1 N–H and O–H groups in total. The number of hydrogen-bond donors (Lipinski definition) is 1. The van der Waals surface area contributed by atoms with Gasteiger partial charge in [-0.25, -0.2) is 9.18 Å². The summed E-state index contributed by atoms with van der Waals surface area (Å²) in [7, 11) is 1.34. The number of carbonyl (C=O) groups is 2. The summed E-state index contributed by atoms with van der Waals surface area (Å²) in [6, 6.07) is 3.05. The molecule has 0 spiro atoms. The summed E-state index contributed by atoms with van der Waals surface area (Å²) in [4.78, 5) is 24.8. The predicted octanol–water partition coefficient (Wildman–Crippen LogP) is 1.91. The first-order valence-corrected chi connectivity index (χ1v) is 6.42. The summed E-state index contributed by atoms with van der Waals surface area (Å²) in [6.07, 6.45) is 1.96. The molecule has 0 saturated carbocycles. The van der Waals surface area contributed by atoms with Crippen molar-refractivity contribution in [3.05, 3.63) is 29.6 Å². The van der Waals surface area contributed by atoms with Crippen LogP contribution in [0.25, 0.3) is 0 Å². The molecule has 0 aromatic heterocycles. The van der Waals surface area contributed by atoms with Crippen LogP contribution in [0.1, 0.15) is 29.6 Å². The van der Waals surface area contributed by atoms with Gasteiger partial charge in [-0.15, -0.1) is 0 Å². The molecular weight excluding hydrogens is 265 g/mol. The highest BCUT2D eigenvalue weighted by atomic mass is 19.1. The van der Waals surface area contributed by atoms with Crippen molar-refractivity contribution < 1.29 is 23.8 Å². The first-order chi connectivity index (χ1) is 9.54. The van der Waals surface area contributed by atoms with Crippen molar-refractivity contribution in [3.8, 4) is 5.75 Å². The van der Waals surface area contributed by atoms with Crippen LogP contribution in [0.4, 0.5) is 4.39 Å². The van der Waals surface area contributed by atoms with Crippen LogP contribution in [0.3, 0.4) is 0 Å². The quantitative estimate of drug-likeness (QED) is 0.919. The average molecular weight is 281 g/mol. The number of amides is 1. The molecule has 20 heavy (non-hydrogen) atoms. The molecule has 1 amide bonds. The highest BCUT2D eigenvalue weighted by Gasteiger charge is 2.32. The van der Waals surface area contributed by atoms with Crippen LogP contribution in [0.5, 0.6) is 5.75 Å². The van der Waals surface area contributed by atoms with Gasteiger partial charge >= 0.3 is 5.97 Å². The summed E-state index contributed by atoms with van der Waals surface area (Å²) in [5.74, 6) is -2.07. The molecule has 1 aromatic carbocycles. The Morgan fingerprint density at radius 2 is 2.15 bits per heavy atom. The molecule has 1 heterocycles. The Morgan fingerprint density at radius 1 is 1.40 bits per heavy atom. The van der Waals surface area contributed by atoms with Gasteiger partial charge in [0.05, 0.1) is 7.11 Å². The molecule has 1 aliphatic heterocycles. The molecule has 1 aromatic rings. The maximum Gasteiger partial charge on any atom is 0.326 e. The Bertz CT molecular complexity index is 532. The second-order valence-electron chi connectivity index (χ2n) is 4.70. The molecule has 1 saturated heterocycles. The van der Waals surface area contributed by atoms with Gasteiger partial charge in [-0.05, 0) is 37.5 Å². The lowest BCUT2D eigenvalue weighted by Crippen LogP contribution is -2.48. The van der Waals surface area contributed by atoms with Crippen molar-refractivity contribution in [3.63, 3.8) is 0 Å². The number of ether oxygens (including phenoxy) is 1. The van der Waals surface area contributed by atoms with E-state index >= 15 is 0 Å². The fourth-order valence-corrected chi connectivity index (χ4v) is 2.40. The zero-order valence-corrected chi connectivity index (χ0v) is 11.1. The maximum absolute atomic E-state index is 13.6. The minimum atomic E-state index is -1.02. The van der Waals surface area contributed by atoms with Gasteiger partial charge in [-0.2, -0.15) is 0 Å². The summed E-state index contributed by atoms with van der Waals surface area (Å²) in [6.45, 7) is 0.378. The standard InChI is InChI=1S/C14H16FNO4/c1-20-12-6-5-9(8-10(12)15)13(17)16-7-3-2-4-11(16)14(18)19/h5-6,8,11H,2-4,7H2,1H3,(H,18,19). The lowest BCUT2D eigenvalue weighted by molar-refractivity contribution is -0.143. The molecule has 5 nitrogen and oxygen atoms in total. The SMILES string of the molecule is COc1ccc(C(=O)N2CCCCC2C(=O)O)cc1F. The molecule has 1 unspecified atom stereocenters. The van der Waals surface area contributed by atoms with Gasteiger partial charge in [0.1, 0.15) is 6.04 Å². The van der Waals surface area contributed by atoms with Gasteiger partial charge in [0.15, 0.2) is 11.6 Å². The van der Waals surface area contributed by atoms with Crippen LogP contribution in [0, 0.1) is 5.82 Å².